The van der Waals surface area contributed by atoms with Crippen molar-refractivity contribution >= 4 is 0 Å². The third kappa shape index (κ3) is 3.58. The third-order valence-corrected chi connectivity index (χ3v) is 4.23. The molecule has 0 fully saturated rings. The third-order valence-electron chi connectivity index (χ3n) is 4.23. The maximum Gasteiger partial charge on any atom is 0.0236 e. The quantitative estimate of drug-likeness (QED) is 0.715. The molecule has 0 saturated carbocycles. The average molecular weight is 245 g/mol. The van der Waals surface area contributed by atoms with Gasteiger partial charge in [-0.2, -0.15) is 0 Å². The van der Waals surface area contributed by atoms with Gasteiger partial charge in [0.1, 0.15) is 0 Å². The molecule has 18 heavy (non-hydrogen) atoms. The van der Waals surface area contributed by atoms with Gasteiger partial charge < -0.3 is 5.73 Å². The molecule has 1 aromatic carbocycles. The van der Waals surface area contributed by atoms with E-state index in [1.165, 1.54) is 56.1 Å². The van der Waals surface area contributed by atoms with Crippen molar-refractivity contribution in [1.82, 2.24) is 0 Å². The van der Waals surface area contributed by atoms with E-state index in [2.05, 4.69) is 31.2 Å². The van der Waals surface area contributed by atoms with E-state index >= 15 is 0 Å². The van der Waals surface area contributed by atoms with Crippen LogP contribution in [-0.4, -0.2) is 5.54 Å². The minimum atomic E-state index is 0.0500. The van der Waals surface area contributed by atoms with Gasteiger partial charge in [0.15, 0.2) is 0 Å². The lowest BCUT2D eigenvalue weighted by molar-refractivity contribution is 0.391. The zero-order valence-corrected chi connectivity index (χ0v) is 11.8. The van der Waals surface area contributed by atoms with Crippen LogP contribution in [0.4, 0.5) is 0 Å². The maximum atomic E-state index is 6.55. The Hall–Kier alpha value is -0.820. The Morgan fingerprint density at radius 3 is 2.11 bits per heavy atom. The average Bonchev–Trinajstić information content (AvgIpc) is 2.70. The molecule has 0 bridgehead atoms. The molecule has 0 spiro atoms. The van der Waals surface area contributed by atoms with Gasteiger partial charge in [0.05, 0.1) is 0 Å². The lowest BCUT2D eigenvalue weighted by atomic mass is 9.90. The standard InChI is InChI=1S/C17H27N/c1-2-3-4-5-6-9-12-17(18)13-15-10-7-8-11-16(15)14-17/h7-8,10-11H,2-6,9,12-14,18H2,1H3. The number of hydrogen-bond donors (Lipinski definition) is 1. The molecule has 0 aliphatic heterocycles. The molecule has 0 saturated heterocycles. The highest BCUT2D eigenvalue weighted by Crippen LogP contribution is 2.31. The van der Waals surface area contributed by atoms with Crippen molar-refractivity contribution in [2.45, 2.75) is 70.3 Å². The Kier molecular flexibility index (Phi) is 4.82. The fourth-order valence-corrected chi connectivity index (χ4v) is 3.16. The highest BCUT2D eigenvalue weighted by molar-refractivity contribution is 5.35. The fourth-order valence-electron chi connectivity index (χ4n) is 3.16. The number of benzene rings is 1. The molecule has 0 unspecified atom stereocenters. The second-order valence-corrected chi connectivity index (χ2v) is 6.00. The van der Waals surface area contributed by atoms with Crippen LogP contribution in [0.3, 0.4) is 0 Å². The van der Waals surface area contributed by atoms with Gasteiger partial charge in [0.2, 0.25) is 0 Å². The number of nitrogens with two attached hydrogens (primary N) is 1. The number of rotatable bonds is 7. The van der Waals surface area contributed by atoms with Crippen molar-refractivity contribution in [3.8, 4) is 0 Å². The zero-order valence-electron chi connectivity index (χ0n) is 11.8. The van der Waals surface area contributed by atoms with E-state index in [1.54, 1.807) is 0 Å². The first kappa shape index (κ1) is 13.6. The minimum Gasteiger partial charge on any atom is -0.324 e. The molecule has 1 heteroatoms. The van der Waals surface area contributed by atoms with E-state index in [9.17, 15) is 0 Å². The van der Waals surface area contributed by atoms with Crippen LogP contribution in [-0.2, 0) is 12.8 Å². The predicted molar refractivity (Wildman–Crippen MR) is 78.8 cm³/mol. The van der Waals surface area contributed by atoms with Gasteiger partial charge in [-0.15, -0.1) is 0 Å². The maximum absolute atomic E-state index is 6.55. The summed E-state index contributed by atoms with van der Waals surface area (Å²) in [5.74, 6) is 0. The number of unbranched alkanes of at least 4 members (excludes halogenated alkanes) is 5. The van der Waals surface area contributed by atoms with Crippen LogP contribution < -0.4 is 5.73 Å². The summed E-state index contributed by atoms with van der Waals surface area (Å²) in [7, 11) is 0. The van der Waals surface area contributed by atoms with Crippen molar-refractivity contribution in [1.29, 1.82) is 0 Å². The van der Waals surface area contributed by atoms with Crippen LogP contribution in [0, 0.1) is 0 Å². The molecular formula is C17H27N. The van der Waals surface area contributed by atoms with Crippen LogP contribution >= 0.6 is 0 Å². The van der Waals surface area contributed by atoms with E-state index in [1.807, 2.05) is 0 Å². The molecule has 2 N–H and O–H groups in total. The summed E-state index contributed by atoms with van der Waals surface area (Å²) < 4.78 is 0. The zero-order chi connectivity index (χ0) is 12.8. The van der Waals surface area contributed by atoms with E-state index < -0.39 is 0 Å². The summed E-state index contributed by atoms with van der Waals surface area (Å²) in [5, 5.41) is 0. The molecule has 0 radical (unpaired) electrons. The van der Waals surface area contributed by atoms with Crippen molar-refractivity contribution in [2.75, 3.05) is 0 Å². The minimum absolute atomic E-state index is 0.0500. The fraction of sp³-hybridized carbons (Fsp3) is 0.647. The second-order valence-electron chi connectivity index (χ2n) is 6.00. The Morgan fingerprint density at radius 2 is 1.50 bits per heavy atom. The molecule has 1 nitrogen and oxygen atoms in total. The predicted octanol–water partition coefficient (Wildman–Crippen LogP) is 4.23. The van der Waals surface area contributed by atoms with Crippen molar-refractivity contribution < 1.29 is 0 Å². The number of fused-ring (bicyclic) bond motifs is 1. The van der Waals surface area contributed by atoms with E-state index in [0.717, 1.165) is 12.8 Å². The highest BCUT2D eigenvalue weighted by atomic mass is 14.7. The smallest absolute Gasteiger partial charge is 0.0236 e. The Balaban J connectivity index is 1.71. The molecule has 1 aromatic rings. The van der Waals surface area contributed by atoms with Crippen LogP contribution in [0.15, 0.2) is 24.3 Å². The summed E-state index contributed by atoms with van der Waals surface area (Å²) in [6, 6.07) is 8.75. The summed E-state index contributed by atoms with van der Waals surface area (Å²) in [6.45, 7) is 2.27. The first-order chi connectivity index (χ1) is 8.73. The molecule has 2 rings (SSSR count). The van der Waals surface area contributed by atoms with Crippen LogP contribution in [0.5, 0.6) is 0 Å². The molecule has 0 amide bonds. The van der Waals surface area contributed by atoms with E-state index in [0.29, 0.717) is 0 Å². The lowest BCUT2D eigenvalue weighted by Crippen LogP contribution is -2.40. The Bertz CT molecular complexity index is 345. The molecule has 0 aromatic heterocycles. The molecular weight excluding hydrogens is 218 g/mol. The summed E-state index contributed by atoms with van der Waals surface area (Å²) in [4.78, 5) is 0. The first-order valence-electron chi connectivity index (χ1n) is 7.59. The monoisotopic (exact) mass is 245 g/mol. The van der Waals surface area contributed by atoms with Gasteiger partial charge in [0, 0.05) is 5.54 Å². The van der Waals surface area contributed by atoms with Gasteiger partial charge in [-0.05, 0) is 30.4 Å². The van der Waals surface area contributed by atoms with E-state index in [-0.39, 0.29) is 5.54 Å². The summed E-state index contributed by atoms with van der Waals surface area (Å²) in [5.41, 5.74) is 9.56. The van der Waals surface area contributed by atoms with Gasteiger partial charge in [-0.3, -0.25) is 0 Å². The van der Waals surface area contributed by atoms with Crippen molar-refractivity contribution in [3.05, 3.63) is 35.4 Å². The summed E-state index contributed by atoms with van der Waals surface area (Å²) >= 11 is 0. The Morgan fingerprint density at radius 1 is 0.944 bits per heavy atom. The van der Waals surface area contributed by atoms with Gasteiger partial charge in [-0.25, -0.2) is 0 Å². The van der Waals surface area contributed by atoms with Crippen LogP contribution in [0.1, 0.15) is 63.0 Å². The van der Waals surface area contributed by atoms with Gasteiger partial charge in [-0.1, -0.05) is 69.7 Å². The van der Waals surface area contributed by atoms with E-state index in [4.69, 9.17) is 5.73 Å². The topological polar surface area (TPSA) is 26.0 Å². The highest BCUT2D eigenvalue weighted by Gasteiger charge is 2.32. The Labute approximate surface area is 112 Å². The normalized spacial score (nSPS) is 16.8. The second kappa shape index (κ2) is 6.38. The largest absolute Gasteiger partial charge is 0.324 e. The van der Waals surface area contributed by atoms with Crippen LogP contribution in [0.2, 0.25) is 0 Å². The van der Waals surface area contributed by atoms with Crippen LogP contribution in [0.25, 0.3) is 0 Å². The summed E-state index contributed by atoms with van der Waals surface area (Å²) in [6.07, 6.45) is 11.5. The molecule has 100 valence electrons. The number of hydrogen-bond acceptors (Lipinski definition) is 1. The lowest BCUT2D eigenvalue weighted by Gasteiger charge is -2.23. The molecule has 1 aliphatic carbocycles. The molecule has 0 atom stereocenters. The molecule has 1 aliphatic rings. The van der Waals surface area contributed by atoms with Gasteiger partial charge >= 0.3 is 0 Å². The molecule has 0 heterocycles. The van der Waals surface area contributed by atoms with Crippen molar-refractivity contribution in [3.63, 3.8) is 0 Å². The SMILES string of the molecule is CCCCCCCCC1(N)Cc2ccccc2C1. The van der Waals surface area contributed by atoms with Crippen molar-refractivity contribution in [2.24, 2.45) is 5.73 Å². The van der Waals surface area contributed by atoms with Gasteiger partial charge in [0.25, 0.3) is 0 Å². The first-order valence-corrected chi connectivity index (χ1v) is 7.59.